The SMILES string of the molecule is Cc1sc2nc(CN3CCC(C)C3)nc(Cl)c2c1C. The predicted molar refractivity (Wildman–Crippen MR) is 81.0 cm³/mol. The van der Waals surface area contributed by atoms with Crippen molar-refractivity contribution in [2.75, 3.05) is 13.1 Å². The molecule has 2 aromatic rings. The molecule has 3 heterocycles. The number of aromatic nitrogens is 2. The average molecular weight is 296 g/mol. The molecule has 1 unspecified atom stereocenters. The lowest BCUT2D eigenvalue weighted by molar-refractivity contribution is 0.312. The number of fused-ring (bicyclic) bond motifs is 1. The molecule has 3 rings (SSSR count). The van der Waals surface area contributed by atoms with Crippen LogP contribution in [-0.4, -0.2) is 28.0 Å². The number of rotatable bonds is 2. The molecule has 0 N–H and O–H groups in total. The van der Waals surface area contributed by atoms with E-state index in [0.717, 1.165) is 41.6 Å². The molecule has 5 heteroatoms. The first kappa shape index (κ1) is 13.3. The third-order valence-electron chi connectivity index (χ3n) is 3.90. The van der Waals surface area contributed by atoms with Crippen molar-refractivity contribution < 1.29 is 0 Å². The van der Waals surface area contributed by atoms with E-state index in [1.807, 2.05) is 0 Å². The Morgan fingerprint density at radius 3 is 2.84 bits per heavy atom. The molecule has 1 aliphatic rings. The second kappa shape index (κ2) is 5.00. The maximum Gasteiger partial charge on any atom is 0.145 e. The van der Waals surface area contributed by atoms with E-state index in [9.17, 15) is 0 Å². The first-order valence-electron chi connectivity index (χ1n) is 6.69. The molecule has 0 bridgehead atoms. The molecule has 1 saturated heterocycles. The smallest absolute Gasteiger partial charge is 0.145 e. The van der Waals surface area contributed by atoms with E-state index in [1.54, 1.807) is 11.3 Å². The van der Waals surface area contributed by atoms with Crippen molar-refractivity contribution in [3.8, 4) is 0 Å². The van der Waals surface area contributed by atoms with Crippen LogP contribution in [0.1, 0.15) is 29.6 Å². The van der Waals surface area contributed by atoms with Crippen molar-refractivity contribution in [2.45, 2.75) is 33.7 Å². The van der Waals surface area contributed by atoms with E-state index in [1.165, 1.54) is 16.9 Å². The lowest BCUT2D eigenvalue weighted by Crippen LogP contribution is -2.21. The van der Waals surface area contributed by atoms with Gasteiger partial charge in [0, 0.05) is 11.4 Å². The van der Waals surface area contributed by atoms with E-state index in [4.69, 9.17) is 11.6 Å². The maximum absolute atomic E-state index is 6.33. The molecule has 0 aromatic carbocycles. The largest absolute Gasteiger partial charge is 0.296 e. The summed E-state index contributed by atoms with van der Waals surface area (Å²) < 4.78 is 0. The number of likely N-dealkylation sites (tertiary alicyclic amines) is 1. The van der Waals surface area contributed by atoms with E-state index in [-0.39, 0.29) is 0 Å². The van der Waals surface area contributed by atoms with Gasteiger partial charge in [-0.2, -0.15) is 0 Å². The zero-order valence-corrected chi connectivity index (χ0v) is 13.1. The minimum atomic E-state index is 0.606. The quantitative estimate of drug-likeness (QED) is 0.789. The summed E-state index contributed by atoms with van der Waals surface area (Å²) in [6.45, 7) is 9.59. The Morgan fingerprint density at radius 1 is 1.37 bits per heavy atom. The molecule has 2 aromatic heterocycles. The topological polar surface area (TPSA) is 29.0 Å². The summed E-state index contributed by atoms with van der Waals surface area (Å²) in [5.41, 5.74) is 1.21. The van der Waals surface area contributed by atoms with Gasteiger partial charge >= 0.3 is 0 Å². The molecule has 102 valence electrons. The number of thiophene rings is 1. The number of nitrogens with zero attached hydrogens (tertiary/aromatic N) is 3. The fraction of sp³-hybridized carbons (Fsp3) is 0.571. The van der Waals surface area contributed by atoms with Gasteiger partial charge in [0.1, 0.15) is 15.8 Å². The first-order valence-corrected chi connectivity index (χ1v) is 7.88. The second-order valence-corrected chi connectivity index (χ2v) is 7.08. The highest BCUT2D eigenvalue weighted by atomic mass is 35.5. The van der Waals surface area contributed by atoms with Gasteiger partial charge < -0.3 is 0 Å². The Kier molecular flexibility index (Phi) is 3.50. The van der Waals surface area contributed by atoms with Crippen LogP contribution in [0.4, 0.5) is 0 Å². The third kappa shape index (κ3) is 2.49. The molecular weight excluding hydrogens is 278 g/mol. The highest BCUT2D eigenvalue weighted by Crippen LogP contribution is 2.33. The van der Waals surface area contributed by atoms with Crippen LogP contribution in [0.2, 0.25) is 5.15 Å². The van der Waals surface area contributed by atoms with Gasteiger partial charge in [-0.15, -0.1) is 11.3 Å². The predicted octanol–water partition coefficient (Wildman–Crippen LogP) is 3.80. The molecule has 0 saturated carbocycles. The van der Waals surface area contributed by atoms with Gasteiger partial charge in [0.05, 0.1) is 11.9 Å². The van der Waals surface area contributed by atoms with Gasteiger partial charge in [-0.25, -0.2) is 9.97 Å². The molecule has 1 aliphatic heterocycles. The maximum atomic E-state index is 6.33. The summed E-state index contributed by atoms with van der Waals surface area (Å²) in [6.07, 6.45) is 1.27. The minimum absolute atomic E-state index is 0.606. The van der Waals surface area contributed by atoms with E-state index >= 15 is 0 Å². The summed E-state index contributed by atoms with van der Waals surface area (Å²) in [4.78, 5) is 13.9. The van der Waals surface area contributed by atoms with Crippen LogP contribution in [0.25, 0.3) is 10.2 Å². The monoisotopic (exact) mass is 295 g/mol. The third-order valence-corrected chi connectivity index (χ3v) is 5.28. The van der Waals surface area contributed by atoms with Gasteiger partial charge in [-0.05, 0) is 38.3 Å². The molecule has 0 spiro atoms. The normalized spacial score (nSPS) is 20.5. The summed E-state index contributed by atoms with van der Waals surface area (Å²) in [6, 6.07) is 0. The van der Waals surface area contributed by atoms with Crippen LogP contribution in [0.5, 0.6) is 0 Å². The van der Waals surface area contributed by atoms with Crippen molar-refractivity contribution in [3.05, 3.63) is 21.4 Å². The summed E-state index contributed by atoms with van der Waals surface area (Å²) in [7, 11) is 0. The van der Waals surface area contributed by atoms with Crippen LogP contribution in [0.3, 0.4) is 0 Å². The minimum Gasteiger partial charge on any atom is -0.296 e. The van der Waals surface area contributed by atoms with Crippen LogP contribution < -0.4 is 0 Å². The first-order chi connectivity index (χ1) is 9.04. The fourth-order valence-corrected chi connectivity index (χ4v) is 4.12. The standard InChI is InChI=1S/C14H18ClN3S/c1-8-4-5-18(6-8)7-11-16-13(15)12-9(2)10(3)19-14(12)17-11/h8H,4-7H2,1-3H3. The second-order valence-electron chi connectivity index (χ2n) is 5.52. The molecule has 0 amide bonds. The summed E-state index contributed by atoms with van der Waals surface area (Å²) >= 11 is 8.04. The molecule has 19 heavy (non-hydrogen) atoms. The Morgan fingerprint density at radius 2 is 2.16 bits per heavy atom. The van der Waals surface area contributed by atoms with Crippen LogP contribution in [-0.2, 0) is 6.54 Å². The van der Waals surface area contributed by atoms with Gasteiger partial charge in [0.2, 0.25) is 0 Å². The van der Waals surface area contributed by atoms with Crippen molar-refractivity contribution in [1.29, 1.82) is 0 Å². The summed E-state index contributed by atoms with van der Waals surface area (Å²) in [5.74, 6) is 1.64. The summed E-state index contributed by atoms with van der Waals surface area (Å²) in [5, 5.41) is 1.64. The average Bonchev–Trinajstić information content (AvgIpc) is 2.85. The van der Waals surface area contributed by atoms with Crippen molar-refractivity contribution >= 4 is 33.2 Å². The van der Waals surface area contributed by atoms with Gasteiger partial charge in [0.15, 0.2) is 0 Å². The van der Waals surface area contributed by atoms with Crippen molar-refractivity contribution in [3.63, 3.8) is 0 Å². The van der Waals surface area contributed by atoms with E-state index < -0.39 is 0 Å². The van der Waals surface area contributed by atoms with Crippen molar-refractivity contribution in [2.24, 2.45) is 5.92 Å². The number of hydrogen-bond donors (Lipinski definition) is 0. The molecule has 1 atom stereocenters. The zero-order valence-electron chi connectivity index (χ0n) is 11.5. The van der Waals surface area contributed by atoms with Crippen LogP contribution in [0.15, 0.2) is 0 Å². The number of halogens is 1. The molecule has 0 radical (unpaired) electrons. The zero-order chi connectivity index (χ0) is 13.6. The van der Waals surface area contributed by atoms with Gasteiger partial charge in [0.25, 0.3) is 0 Å². The molecule has 0 aliphatic carbocycles. The molecule has 3 nitrogen and oxygen atoms in total. The highest BCUT2D eigenvalue weighted by molar-refractivity contribution is 7.18. The Balaban J connectivity index is 1.93. The van der Waals surface area contributed by atoms with Crippen molar-refractivity contribution in [1.82, 2.24) is 14.9 Å². The fourth-order valence-electron chi connectivity index (χ4n) is 2.68. The van der Waals surface area contributed by atoms with Gasteiger partial charge in [-0.3, -0.25) is 4.90 Å². The van der Waals surface area contributed by atoms with Gasteiger partial charge in [-0.1, -0.05) is 18.5 Å². The Labute approximate surface area is 122 Å². The lowest BCUT2D eigenvalue weighted by Gasteiger charge is -2.14. The van der Waals surface area contributed by atoms with Crippen LogP contribution in [0, 0.1) is 19.8 Å². The lowest BCUT2D eigenvalue weighted by atomic mass is 10.2. The molecule has 1 fully saturated rings. The van der Waals surface area contributed by atoms with E-state index in [2.05, 4.69) is 35.6 Å². The number of aryl methyl sites for hydroxylation is 2. The molecular formula is C14H18ClN3S. The van der Waals surface area contributed by atoms with E-state index in [0.29, 0.717) is 5.15 Å². The Bertz CT molecular complexity index is 623. The van der Waals surface area contributed by atoms with Crippen LogP contribution >= 0.6 is 22.9 Å². The Hall–Kier alpha value is -0.710. The number of hydrogen-bond acceptors (Lipinski definition) is 4. The highest BCUT2D eigenvalue weighted by Gasteiger charge is 2.20.